The molecule has 0 aromatic heterocycles. The van der Waals surface area contributed by atoms with Crippen molar-refractivity contribution in [2.45, 2.75) is 23.2 Å². The highest BCUT2D eigenvalue weighted by Crippen LogP contribution is 2.47. The number of sulfone groups is 1. The molecule has 2 aliphatic rings. The van der Waals surface area contributed by atoms with E-state index in [1.165, 1.54) is 18.4 Å². The van der Waals surface area contributed by atoms with Gasteiger partial charge in [0.2, 0.25) is 5.91 Å². The molecule has 162 valence electrons. The molecular formula is C22H22ClN3O4S. The van der Waals surface area contributed by atoms with E-state index in [-0.39, 0.29) is 10.8 Å². The van der Waals surface area contributed by atoms with Crippen LogP contribution in [0.3, 0.4) is 0 Å². The minimum absolute atomic E-state index is 0.0665. The van der Waals surface area contributed by atoms with E-state index >= 15 is 0 Å². The third-order valence-corrected chi connectivity index (χ3v) is 7.40. The molecule has 1 amide bonds. The average molecular weight is 460 g/mol. The SMILES string of the molecule is CS(=O)(=O)c1ccc(OCCN2CCC3(CC2)C(=O)Nc2c(C#N)cc(Cl)cc23)cc1. The zero-order valence-corrected chi connectivity index (χ0v) is 18.6. The van der Waals surface area contributed by atoms with Gasteiger partial charge in [-0.3, -0.25) is 9.69 Å². The molecule has 1 saturated heterocycles. The maximum atomic E-state index is 12.8. The van der Waals surface area contributed by atoms with Gasteiger partial charge in [0.1, 0.15) is 18.4 Å². The molecule has 1 spiro atoms. The lowest BCUT2D eigenvalue weighted by Crippen LogP contribution is -2.47. The van der Waals surface area contributed by atoms with Gasteiger partial charge in [0.25, 0.3) is 0 Å². The number of nitrogens with zero attached hydrogens (tertiary/aromatic N) is 2. The van der Waals surface area contributed by atoms with Crippen molar-refractivity contribution in [3.05, 3.63) is 52.5 Å². The fourth-order valence-corrected chi connectivity index (χ4v) is 5.14. The number of halogens is 1. The number of carbonyl (C=O) groups excluding carboxylic acids is 1. The van der Waals surface area contributed by atoms with Crippen LogP contribution in [0.25, 0.3) is 0 Å². The van der Waals surface area contributed by atoms with Crippen molar-refractivity contribution in [1.29, 1.82) is 5.26 Å². The van der Waals surface area contributed by atoms with E-state index < -0.39 is 15.3 Å². The van der Waals surface area contributed by atoms with E-state index in [1.54, 1.807) is 24.3 Å². The lowest BCUT2D eigenvalue weighted by Gasteiger charge is -2.38. The van der Waals surface area contributed by atoms with E-state index in [4.69, 9.17) is 16.3 Å². The number of amides is 1. The number of likely N-dealkylation sites (tertiary alicyclic amines) is 1. The number of benzene rings is 2. The number of fused-ring (bicyclic) bond motifs is 2. The number of hydrogen-bond donors (Lipinski definition) is 1. The number of nitrogens with one attached hydrogen (secondary N) is 1. The summed E-state index contributed by atoms with van der Waals surface area (Å²) in [5.74, 6) is 0.548. The molecule has 0 aliphatic carbocycles. The third kappa shape index (κ3) is 4.13. The summed E-state index contributed by atoms with van der Waals surface area (Å²) in [6.45, 7) is 2.59. The average Bonchev–Trinajstić information content (AvgIpc) is 3.00. The molecule has 9 heteroatoms. The Morgan fingerprint density at radius 3 is 2.52 bits per heavy atom. The first-order chi connectivity index (χ1) is 14.7. The molecule has 0 radical (unpaired) electrons. The van der Waals surface area contributed by atoms with E-state index in [1.807, 2.05) is 0 Å². The summed E-state index contributed by atoms with van der Waals surface area (Å²) in [5, 5.41) is 12.7. The largest absolute Gasteiger partial charge is 0.492 e. The lowest BCUT2D eigenvalue weighted by molar-refractivity contribution is -0.122. The first-order valence-electron chi connectivity index (χ1n) is 9.94. The number of rotatable bonds is 5. The highest BCUT2D eigenvalue weighted by Gasteiger charge is 2.49. The first kappa shape index (κ1) is 21.6. The Morgan fingerprint density at radius 1 is 1.23 bits per heavy atom. The normalized spacial score (nSPS) is 17.8. The van der Waals surface area contributed by atoms with Crippen molar-refractivity contribution in [1.82, 2.24) is 4.90 Å². The number of hydrogen-bond acceptors (Lipinski definition) is 6. The Bertz CT molecular complexity index is 1160. The zero-order chi connectivity index (χ0) is 22.2. The van der Waals surface area contributed by atoms with Crippen LogP contribution in [0.5, 0.6) is 5.75 Å². The molecule has 2 aliphatic heterocycles. The molecule has 7 nitrogen and oxygen atoms in total. The Hall–Kier alpha value is -2.60. The monoisotopic (exact) mass is 459 g/mol. The summed E-state index contributed by atoms with van der Waals surface area (Å²) in [5.41, 5.74) is 1.16. The van der Waals surface area contributed by atoms with Gasteiger partial charge >= 0.3 is 0 Å². The van der Waals surface area contributed by atoms with Crippen molar-refractivity contribution in [2.24, 2.45) is 0 Å². The molecule has 0 unspecified atom stereocenters. The second-order valence-electron chi connectivity index (χ2n) is 7.96. The fraction of sp³-hybridized carbons (Fsp3) is 0.364. The summed E-state index contributed by atoms with van der Waals surface area (Å²) >= 11 is 6.20. The molecule has 0 saturated carbocycles. The Balaban J connectivity index is 1.36. The van der Waals surface area contributed by atoms with Gasteiger partial charge in [-0.2, -0.15) is 5.26 Å². The van der Waals surface area contributed by atoms with Crippen LogP contribution in [0, 0.1) is 11.3 Å². The van der Waals surface area contributed by atoms with Crippen LogP contribution < -0.4 is 10.1 Å². The predicted molar refractivity (Wildman–Crippen MR) is 117 cm³/mol. The predicted octanol–water partition coefficient (Wildman–Crippen LogP) is 2.98. The van der Waals surface area contributed by atoms with Crippen molar-refractivity contribution in [3.8, 4) is 11.8 Å². The molecule has 1 N–H and O–H groups in total. The molecule has 0 atom stereocenters. The Labute approximate surface area is 186 Å². The second-order valence-corrected chi connectivity index (χ2v) is 10.4. The van der Waals surface area contributed by atoms with E-state index in [0.29, 0.717) is 48.0 Å². The van der Waals surface area contributed by atoms with Crippen molar-refractivity contribution < 1.29 is 17.9 Å². The van der Waals surface area contributed by atoms with Crippen LogP contribution in [0.1, 0.15) is 24.0 Å². The highest BCUT2D eigenvalue weighted by molar-refractivity contribution is 7.90. The van der Waals surface area contributed by atoms with E-state index in [9.17, 15) is 18.5 Å². The highest BCUT2D eigenvalue weighted by atomic mass is 35.5. The van der Waals surface area contributed by atoms with Gasteiger partial charge in [0.05, 0.1) is 21.6 Å². The quantitative estimate of drug-likeness (QED) is 0.737. The Kier molecular flexibility index (Phi) is 5.69. The molecule has 2 aromatic rings. The van der Waals surface area contributed by atoms with Crippen LogP contribution in [0.4, 0.5) is 5.69 Å². The maximum absolute atomic E-state index is 12.8. The Morgan fingerprint density at radius 2 is 1.90 bits per heavy atom. The van der Waals surface area contributed by atoms with Crippen LogP contribution >= 0.6 is 11.6 Å². The van der Waals surface area contributed by atoms with Crippen LogP contribution in [0.15, 0.2) is 41.3 Å². The van der Waals surface area contributed by atoms with Crippen LogP contribution in [-0.2, 0) is 20.0 Å². The molecule has 0 bridgehead atoms. The minimum atomic E-state index is -3.22. The minimum Gasteiger partial charge on any atom is -0.492 e. The fourth-order valence-electron chi connectivity index (χ4n) is 4.29. The number of carbonyl (C=O) groups is 1. The summed E-state index contributed by atoms with van der Waals surface area (Å²) in [7, 11) is -3.22. The number of ether oxygens (including phenoxy) is 1. The maximum Gasteiger partial charge on any atom is 0.235 e. The number of piperidine rings is 1. The third-order valence-electron chi connectivity index (χ3n) is 6.05. The lowest BCUT2D eigenvalue weighted by atomic mass is 9.73. The molecule has 2 heterocycles. The van der Waals surface area contributed by atoms with Gasteiger partial charge < -0.3 is 10.1 Å². The van der Waals surface area contributed by atoms with Gasteiger partial charge in [-0.1, -0.05) is 11.6 Å². The van der Waals surface area contributed by atoms with Gasteiger partial charge in [0, 0.05) is 17.8 Å². The standard InChI is InChI=1S/C22H22ClN3O4S/c1-31(28,29)18-4-2-17(3-5-18)30-11-10-26-8-6-22(7-9-26)19-13-16(23)12-15(14-24)20(19)25-21(22)27/h2-5,12-13H,6-11H2,1H3,(H,25,27). The van der Waals surface area contributed by atoms with Crippen LogP contribution in [0.2, 0.25) is 5.02 Å². The van der Waals surface area contributed by atoms with Gasteiger partial charge in [-0.15, -0.1) is 0 Å². The summed E-state index contributed by atoms with van der Waals surface area (Å²) < 4.78 is 28.8. The summed E-state index contributed by atoms with van der Waals surface area (Å²) in [4.78, 5) is 15.3. The van der Waals surface area contributed by atoms with Gasteiger partial charge in [0.15, 0.2) is 9.84 Å². The van der Waals surface area contributed by atoms with Gasteiger partial charge in [-0.25, -0.2) is 8.42 Å². The van der Waals surface area contributed by atoms with Crippen molar-refractivity contribution in [2.75, 3.05) is 37.8 Å². The van der Waals surface area contributed by atoms with Gasteiger partial charge in [-0.05, 0) is 67.9 Å². The smallest absolute Gasteiger partial charge is 0.235 e. The molecular weight excluding hydrogens is 438 g/mol. The van der Waals surface area contributed by atoms with E-state index in [0.717, 1.165) is 18.7 Å². The second kappa shape index (κ2) is 8.15. The first-order valence-corrected chi connectivity index (χ1v) is 12.2. The van der Waals surface area contributed by atoms with E-state index in [2.05, 4.69) is 16.3 Å². The molecule has 1 fully saturated rings. The molecule has 4 rings (SSSR count). The van der Waals surface area contributed by atoms with Crippen LogP contribution in [-0.4, -0.2) is 51.7 Å². The van der Waals surface area contributed by atoms with Crippen molar-refractivity contribution in [3.63, 3.8) is 0 Å². The zero-order valence-electron chi connectivity index (χ0n) is 17.0. The van der Waals surface area contributed by atoms with Crippen molar-refractivity contribution >= 4 is 33.0 Å². The molecule has 2 aromatic carbocycles. The molecule has 31 heavy (non-hydrogen) atoms. The number of anilines is 1. The topological polar surface area (TPSA) is 99.5 Å². The number of nitriles is 1. The summed E-state index contributed by atoms with van der Waals surface area (Å²) in [6.07, 6.45) is 2.45. The summed E-state index contributed by atoms with van der Waals surface area (Å²) in [6, 6.07) is 11.9.